The predicted molar refractivity (Wildman–Crippen MR) is 169 cm³/mol. The van der Waals surface area contributed by atoms with E-state index in [4.69, 9.17) is 9.47 Å². The summed E-state index contributed by atoms with van der Waals surface area (Å²) in [6, 6.07) is 12.3. The standard InChI is InChI=1S/C34H49N3O7/c1-10-23(3)37(30(40)27(21-38)36-32(42)44-34(7,8)9)28(25-18-14-15-22(2)19-25)29(39)35-26(31(41)43-33(4,5)6)20-24-16-12-11-13-17-24/h11-19,23,26-28,38H,10,20-21H2,1-9H3,(H,35,39)(H,36,42). The zero-order valence-electron chi connectivity index (χ0n) is 27.5. The lowest BCUT2D eigenvalue weighted by atomic mass is 9.97. The summed E-state index contributed by atoms with van der Waals surface area (Å²) in [6.07, 6.45) is -0.247. The quantitative estimate of drug-likeness (QED) is 0.298. The van der Waals surface area contributed by atoms with E-state index in [0.717, 1.165) is 11.1 Å². The van der Waals surface area contributed by atoms with Gasteiger partial charge in [-0.25, -0.2) is 9.59 Å². The zero-order valence-corrected chi connectivity index (χ0v) is 27.5. The molecule has 4 unspecified atom stereocenters. The Balaban J connectivity index is 2.58. The van der Waals surface area contributed by atoms with Gasteiger partial charge in [-0.15, -0.1) is 0 Å². The number of nitrogens with one attached hydrogen (secondary N) is 2. The number of hydrogen-bond donors (Lipinski definition) is 3. The van der Waals surface area contributed by atoms with Gasteiger partial charge >= 0.3 is 12.1 Å². The van der Waals surface area contributed by atoms with Crippen molar-refractivity contribution in [1.29, 1.82) is 0 Å². The van der Waals surface area contributed by atoms with Crippen LogP contribution in [0.4, 0.5) is 4.79 Å². The van der Waals surface area contributed by atoms with Crippen LogP contribution in [0.25, 0.3) is 0 Å². The van der Waals surface area contributed by atoms with E-state index in [9.17, 15) is 24.3 Å². The number of esters is 1. The van der Waals surface area contributed by atoms with Crippen LogP contribution in [0.5, 0.6) is 0 Å². The van der Waals surface area contributed by atoms with Crippen molar-refractivity contribution in [2.24, 2.45) is 0 Å². The third-order valence-electron chi connectivity index (χ3n) is 6.67. The summed E-state index contributed by atoms with van der Waals surface area (Å²) < 4.78 is 11.0. The van der Waals surface area contributed by atoms with Crippen LogP contribution in [0.3, 0.4) is 0 Å². The summed E-state index contributed by atoms with van der Waals surface area (Å²) in [6.45, 7) is 15.1. The van der Waals surface area contributed by atoms with E-state index in [1.807, 2.05) is 50.2 Å². The Hall–Kier alpha value is -3.92. The van der Waals surface area contributed by atoms with Crippen LogP contribution in [0.15, 0.2) is 54.6 Å². The van der Waals surface area contributed by atoms with Crippen molar-refractivity contribution in [3.05, 3.63) is 71.3 Å². The molecule has 0 radical (unpaired) electrons. The number of rotatable bonds is 12. The van der Waals surface area contributed by atoms with Crippen LogP contribution in [-0.2, 0) is 30.3 Å². The maximum absolute atomic E-state index is 14.3. The monoisotopic (exact) mass is 611 g/mol. The van der Waals surface area contributed by atoms with Crippen LogP contribution < -0.4 is 10.6 Å². The smallest absolute Gasteiger partial charge is 0.408 e. The second-order valence-electron chi connectivity index (χ2n) is 13.0. The summed E-state index contributed by atoms with van der Waals surface area (Å²) in [5.74, 6) is -1.89. The lowest BCUT2D eigenvalue weighted by Gasteiger charge is -2.38. The summed E-state index contributed by atoms with van der Waals surface area (Å²) in [5, 5.41) is 15.5. The lowest BCUT2D eigenvalue weighted by Crippen LogP contribution is -2.58. The molecule has 0 spiro atoms. The minimum absolute atomic E-state index is 0.165. The molecule has 3 N–H and O–H groups in total. The Kier molecular flexibility index (Phi) is 12.9. The number of ether oxygens (including phenoxy) is 2. The average molecular weight is 612 g/mol. The van der Waals surface area contributed by atoms with E-state index in [-0.39, 0.29) is 6.42 Å². The van der Waals surface area contributed by atoms with Crippen molar-refractivity contribution in [3.63, 3.8) is 0 Å². The maximum Gasteiger partial charge on any atom is 0.408 e. The van der Waals surface area contributed by atoms with Gasteiger partial charge in [0.25, 0.3) is 0 Å². The van der Waals surface area contributed by atoms with Gasteiger partial charge in [0.1, 0.15) is 29.3 Å². The number of benzene rings is 2. The van der Waals surface area contributed by atoms with Crippen molar-refractivity contribution in [2.45, 2.75) is 111 Å². The Morgan fingerprint density at radius 3 is 2.00 bits per heavy atom. The minimum atomic E-state index is -1.38. The number of aliphatic hydroxyl groups excluding tert-OH is 1. The molecule has 0 aliphatic carbocycles. The lowest BCUT2D eigenvalue weighted by molar-refractivity contribution is -0.159. The van der Waals surface area contributed by atoms with Crippen LogP contribution in [0, 0.1) is 6.92 Å². The van der Waals surface area contributed by atoms with Crippen molar-refractivity contribution in [2.75, 3.05) is 6.61 Å². The summed E-state index contributed by atoms with van der Waals surface area (Å²) in [4.78, 5) is 55.7. The molecule has 44 heavy (non-hydrogen) atoms. The third kappa shape index (κ3) is 11.3. The normalized spacial score (nSPS) is 14.4. The van der Waals surface area contributed by atoms with Crippen molar-refractivity contribution in [3.8, 4) is 0 Å². The highest BCUT2D eigenvalue weighted by atomic mass is 16.6. The topological polar surface area (TPSA) is 134 Å². The molecule has 2 aromatic carbocycles. The Labute approximate surface area is 261 Å². The van der Waals surface area contributed by atoms with Gasteiger partial charge in [0.2, 0.25) is 11.8 Å². The number of hydrogen-bond acceptors (Lipinski definition) is 7. The molecule has 0 fully saturated rings. The van der Waals surface area contributed by atoms with Crippen LogP contribution >= 0.6 is 0 Å². The highest BCUT2D eigenvalue weighted by Crippen LogP contribution is 2.27. The molecule has 3 amide bonds. The molecule has 0 aliphatic rings. The molecule has 0 saturated heterocycles. The van der Waals surface area contributed by atoms with Crippen molar-refractivity contribution >= 4 is 23.9 Å². The highest BCUT2D eigenvalue weighted by molar-refractivity contribution is 5.94. The van der Waals surface area contributed by atoms with E-state index in [0.29, 0.717) is 12.0 Å². The number of aryl methyl sites for hydroxylation is 1. The number of alkyl carbamates (subject to hydrolysis) is 1. The maximum atomic E-state index is 14.3. The van der Waals surface area contributed by atoms with Crippen LogP contribution in [0.2, 0.25) is 0 Å². The van der Waals surface area contributed by atoms with Crippen molar-refractivity contribution < 1.29 is 33.8 Å². The molecule has 0 aromatic heterocycles. The summed E-state index contributed by atoms with van der Waals surface area (Å²) in [5.41, 5.74) is 0.548. The van der Waals surface area contributed by atoms with Gasteiger partial charge in [0, 0.05) is 12.5 Å². The number of aliphatic hydroxyl groups is 1. The first kappa shape index (κ1) is 36.3. The average Bonchev–Trinajstić information content (AvgIpc) is 2.92. The Morgan fingerprint density at radius 2 is 1.48 bits per heavy atom. The van der Waals surface area contributed by atoms with Crippen molar-refractivity contribution in [1.82, 2.24) is 15.5 Å². The molecule has 0 saturated carbocycles. The molecular formula is C34H49N3O7. The van der Waals surface area contributed by atoms with Gasteiger partial charge in [-0.2, -0.15) is 0 Å². The second kappa shape index (κ2) is 15.7. The van der Waals surface area contributed by atoms with Crippen LogP contribution in [0.1, 0.15) is 84.5 Å². The molecule has 4 atom stereocenters. The predicted octanol–water partition coefficient (Wildman–Crippen LogP) is 4.62. The van der Waals surface area contributed by atoms with Crippen LogP contribution in [-0.4, -0.2) is 69.8 Å². The van der Waals surface area contributed by atoms with E-state index in [2.05, 4.69) is 10.6 Å². The third-order valence-corrected chi connectivity index (χ3v) is 6.67. The fraction of sp³-hybridized carbons (Fsp3) is 0.529. The number of carbonyl (C=O) groups excluding carboxylic acids is 4. The largest absolute Gasteiger partial charge is 0.458 e. The number of carbonyl (C=O) groups is 4. The molecule has 2 rings (SSSR count). The first-order valence-corrected chi connectivity index (χ1v) is 15.0. The SMILES string of the molecule is CCC(C)N(C(=O)C(CO)NC(=O)OC(C)(C)C)C(C(=O)NC(Cc1ccccc1)C(=O)OC(C)(C)C)c1cccc(C)c1. The van der Waals surface area contributed by atoms with E-state index < -0.39 is 65.9 Å². The first-order chi connectivity index (χ1) is 20.5. The van der Waals surface area contributed by atoms with E-state index >= 15 is 0 Å². The molecule has 2 aromatic rings. The number of nitrogens with zero attached hydrogens (tertiary/aromatic N) is 1. The van der Waals surface area contributed by atoms with Gasteiger partial charge in [-0.1, -0.05) is 67.1 Å². The molecule has 10 heteroatoms. The fourth-order valence-electron chi connectivity index (χ4n) is 4.56. The van der Waals surface area contributed by atoms with Gasteiger partial charge in [0.15, 0.2) is 0 Å². The van der Waals surface area contributed by atoms with Gasteiger partial charge in [-0.05, 0) is 72.9 Å². The summed E-state index contributed by atoms with van der Waals surface area (Å²) >= 11 is 0. The molecular weight excluding hydrogens is 562 g/mol. The number of amides is 3. The molecule has 242 valence electrons. The summed E-state index contributed by atoms with van der Waals surface area (Å²) in [7, 11) is 0. The van der Waals surface area contributed by atoms with Gasteiger partial charge in [-0.3, -0.25) is 9.59 Å². The van der Waals surface area contributed by atoms with E-state index in [1.165, 1.54) is 4.90 Å². The Bertz CT molecular complexity index is 1270. The van der Waals surface area contributed by atoms with Gasteiger partial charge in [0.05, 0.1) is 6.61 Å². The van der Waals surface area contributed by atoms with Gasteiger partial charge < -0.3 is 30.1 Å². The first-order valence-electron chi connectivity index (χ1n) is 15.0. The molecule has 0 bridgehead atoms. The molecule has 10 nitrogen and oxygen atoms in total. The minimum Gasteiger partial charge on any atom is -0.458 e. The fourth-order valence-corrected chi connectivity index (χ4v) is 4.56. The Morgan fingerprint density at radius 1 is 0.864 bits per heavy atom. The second-order valence-corrected chi connectivity index (χ2v) is 13.0. The molecule has 0 heterocycles. The molecule has 0 aliphatic heterocycles. The highest BCUT2D eigenvalue weighted by Gasteiger charge is 2.40. The van der Waals surface area contributed by atoms with E-state index in [1.54, 1.807) is 66.7 Å². The zero-order chi connectivity index (χ0) is 33.2.